The number of carbonyl (C=O) groups is 4. The number of ether oxygens (including phenoxy) is 2. The smallest absolute Gasteiger partial charge is 0.254 e. The molecule has 0 aliphatic carbocycles. The van der Waals surface area contributed by atoms with Gasteiger partial charge >= 0.3 is 0 Å². The van der Waals surface area contributed by atoms with E-state index in [2.05, 4.69) is 10.6 Å². The van der Waals surface area contributed by atoms with Crippen LogP contribution in [0, 0.1) is 5.82 Å². The van der Waals surface area contributed by atoms with E-state index in [1.165, 1.54) is 23.0 Å². The van der Waals surface area contributed by atoms with Gasteiger partial charge in [-0.2, -0.15) is 0 Å². The molecular formula is C42H41FN4O6. The van der Waals surface area contributed by atoms with Crippen LogP contribution >= 0.6 is 0 Å². The number of halogens is 1. The fourth-order valence-electron chi connectivity index (χ4n) is 5.75. The quantitative estimate of drug-likeness (QED) is 0.149. The highest BCUT2D eigenvalue weighted by Gasteiger charge is 2.29. The van der Waals surface area contributed by atoms with Gasteiger partial charge in [-0.15, -0.1) is 0 Å². The monoisotopic (exact) mass is 716 g/mol. The second-order valence-electron chi connectivity index (χ2n) is 12.3. The van der Waals surface area contributed by atoms with Gasteiger partial charge in [0.15, 0.2) is 0 Å². The molecule has 2 N–H and O–H groups in total. The summed E-state index contributed by atoms with van der Waals surface area (Å²) >= 11 is 0. The third-order valence-corrected chi connectivity index (χ3v) is 8.83. The van der Waals surface area contributed by atoms with Gasteiger partial charge in [0.25, 0.3) is 11.8 Å². The van der Waals surface area contributed by atoms with Crippen LogP contribution in [0.15, 0.2) is 127 Å². The summed E-state index contributed by atoms with van der Waals surface area (Å²) in [4.78, 5) is 57.9. The summed E-state index contributed by atoms with van der Waals surface area (Å²) < 4.78 is 25.8. The van der Waals surface area contributed by atoms with E-state index in [9.17, 15) is 19.2 Å². The standard InChI is InChI=1S/C42H41FN4O6/c1-46(31-16-20-33(52-3)21-17-31)41(50)37(25-28-11-7-5-8-12-28)44-39(48)30-15-24-36(43)35(27-30)40(49)45-38(26-29-13-9-6-10-14-29)42(51)47(2)32-18-22-34(53-4)23-19-32/h5-24,27,37-38H,25-26H2,1-4H3,(H,44,48)(H,45,49)/t37-,38-/m0/s1. The number of anilines is 2. The van der Waals surface area contributed by atoms with Gasteiger partial charge in [-0.3, -0.25) is 19.2 Å². The normalized spacial score (nSPS) is 11.8. The topological polar surface area (TPSA) is 117 Å². The third-order valence-electron chi connectivity index (χ3n) is 8.83. The van der Waals surface area contributed by atoms with Gasteiger partial charge in [-0.1, -0.05) is 60.7 Å². The van der Waals surface area contributed by atoms with Gasteiger partial charge in [-0.25, -0.2) is 4.39 Å². The first kappa shape index (κ1) is 37.8. The Morgan fingerprint density at radius 2 is 1.00 bits per heavy atom. The fraction of sp³-hybridized carbons (Fsp3) is 0.190. The van der Waals surface area contributed by atoms with Gasteiger partial charge in [0.2, 0.25) is 11.8 Å². The van der Waals surface area contributed by atoms with E-state index in [1.54, 1.807) is 69.7 Å². The zero-order valence-electron chi connectivity index (χ0n) is 29.9. The maximum atomic E-state index is 15.3. The number of carbonyl (C=O) groups excluding carboxylic acids is 4. The Morgan fingerprint density at radius 1 is 0.585 bits per heavy atom. The minimum Gasteiger partial charge on any atom is -0.497 e. The minimum atomic E-state index is -1.09. The van der Waals surface area contributed by atoms with Crippen LogP contribution in [0.2, 0.25) is 0 Å². The average Bonchev–Trinajstić information content (AvgIpc) is 3.20. The second kappa shape index (κ2) is 17.6. The molecule has 0 aromatic heterocycles. The van der Waals surface area contributed by atoms with E-state index < -0.39 is 47.1 Å². The lowest BCUT2D eigenvalue weighted by atomic mass is 10.0. The molecule has 5 aromatic carbocycles. The highest BCUT2D eigenvalue weighted by molar-refractivity contribution is 6.05. The lowest BCUT2D eigenvalue weighted by Crippen LogP contribution is -2.49. The molecule has 0 unspecified atom stereocenters. The Hall–Kier alpha value is -6.49. The summed E-state index contributed by atoms with van der Waals surface area (Å²) in [7, 11) is 6.27. The number of nitrogens with one attached hydrogen (secondary N) is 2. The van der Waals surface area contributed by atoms with Crippen LogP contribution in [-0.4, -0.2) is 64.0 Å². The molecule has 0 heterocycles. The summed E-state index contributed by atoms with van der Waals surface area (Å²) in [6, 6.07) is 33.4. The first-order valence-electron chi connectivity index (χ1n) is 16.9. The number of hydrogen-bond donors (Lipinski definition) is 2. The van der Waals surface area contributed by atoms with Crippen molar-refractivity contribution in [3.05, 3.63) is 155 Å². The molecule has 0 saturated heterocycles. The van der Waals surface area contributed by atoms with Crippen molar-refractivity contribution < 1.29 is 33.0 Å². The highest BCUT2D eigenvalue weighted by Crippen LogP contribution is 2.22. The number of benzene rings is 5. The van der Waals surface area contributed by atoms with Crippen molar-refractivity contribution in [2.24, 2.45) is 0 Å². The van der Waals surface area contributed by atoms with Crippen LogP contribution in [0.25, 0.3) is 0 Å². The van der Waals surface area contributed by atoms with Crippen molar-refractivity contribution in [1.29, 1.82) is 0 Å². The Labute approximate surface area is 308 Å². The van der Waals surface area contributed by atoms with Gasteiger partial charge in [0, 0.05) is 43.9 Å². The van der Waals surface area contributed by atoms with Crippen LogP contribution in [0.5, 0.6) is 11.5 Å². The molecule has 0 saturated carbocycles. The van der Waals surface area contributed by atoms with E-state index in [1.807, 2.05) is 60.7 Å². The summed E-state index contributed by atoms with van der Waals surface area (Å²) in [5.74, 6) is -2.05. The van der Waals surface area contributed by atoms with Crippen LogP contribution in [-0.2, 0) is 22.4 Å². The molecule has 5 rings (SSSR count). The summed E-state index contributed by atoms with van der Waals surface area (Å²) in [5.41, 5.74) is 2.25. The molecule has 0 radical (unpaired) electrons. The molecule has 0 spiro atoms. The van der Waals surface area contributed by atoms with Crippen molar-refractivity contribution in [2.45, 2.75) is 24.9 Å². The third kappa shape index (κ3) is 9.65. The highest BCUT2D eigenvalue weighted by atomic mass is 19.1. The zero-order valence-corrected chi connectivity index (χ0v) is 29.9. The molecule has 0 bridgehead atoms. The van der Waals surface area contributed by atoms with Crippen molar-refractivity contribution in [2.75, 3.05) is 38.1 Å². The summed E-state index contributed by atoms with van der Waals surface area (Å²) in [6.45, 7) is 0. The minimum absolute atomic E-state index is 0.0456. The Bertz CT molecular complexity index is 2030. The van der Waals surface area contributed by atoms with Crippen LogP contribution in [0.4, 0.5) is 15.8 Å². The fourth-order valence-corrected chi connectivity index (χ4v) is 5.75. The maximum absolute atomic E-state index is 15.3. The van der Waals surface area contributed by atoms with Crippen molar-refractivity contribution >= 4 is 35.0 Å². The lowest BCUT2D eigenvalue weighted by molar-refractivity contribution is -0.120. The van der Waals surface area contributed by atoms with E-state index in [0.29, 0.717) is 22.9 Å². The van der Waals surface area contributed by atoms with Crippen molar-refractivity contribution in [3.63, 3.8) is 0 Å². The summed E-state index contributed by atoms with van der Waals surface area (Å²) in [6.07, 6.45) is 0.296. The molecule has 272 valence electrons. The van der Waals surface area contributed by atoms with Crippen molar-refractivity contribution in [3.8, 4) is 11.5 Å². The average molecular weight is 717 g/mol. The number of hydrogen-bond acceptors (Lipinski definition) is 6. The molecule has 0 aliphatic rings. The Morgan fingerprint density at radius 3 is 1.42 bits per heavy atom. The number of rotatable bonds is 14. The molecule has 10 nitrogen and oxygen atoms in total. The number of amides is 4. The molecule has 0 fully saturated rings. The molecule has 5 aromatic rings. The SMILES string of the molecule is COc1ccc(N(C)C(=O)[C@H](Cc2ccccc2)NC(=O)c2ccc(F)c(C(=O)N[C@@H](Cc3ccccc3)C(=O)N(C)c3ccc(OC)cc3)c2)cc1. The number of likely N-dealkylation sites (N-methyl/N-ethyl adjacent to an activating group) is 2. The molecule has 4 amide bonds. The van der Waals surface area contributed by atoms with E-state index >= 15 is 4.39 Å². The van der Waals surface area contributed by atoms with Crippen molar-refractivity contribution in [1.82, 2.24) is 10.6 Å². The van der Waals surface area contributed by atoms with Gasteiger partial charge in [0.1, 0.15) is 29.4 Å². The molecular weight excluding hydrogens is 675 g/mol. The molecule has 0 aliphatic heterocycles. The van der Waals surface area contributed by atoms with Crippen LogP contribution in [0.1, 0.15) is 31.8 Å². The Balaban J connectivity index is 1.38. The van der Waals surface area contributed by atoms with E-state index in [0.717, 1.165) is 23.3 Å². The molecule has 53 heavy (non-hydrogen) atoms. The van der Waals surface area contributed by atoms with Gasteiger partial charge in [-0.05, 0) is 77.9 Å². The van der Waals surface area contributed by atoms with Gasteiger partial charge < -0.3 is 29.9 Å². The summed E-state index contributed by atoms with van der Waals surface area (Å²) in [5, 5.41) is 5.49. The Kier molecular flexibility index (Phi) is 12.6. The second-order valence-corrected chi connectivity index (χ2v) is 12.3. The predicted molar refractivity (Wildman–Crippen MR) is 202 cm³/mol. The maximum Gasteiger partial charge on any atom is 0.254 e. The lowest BCUT2D eigenvalue weighted by Gasteiger charge is -2.26. The first-order valence-corrected chi connectivity index (χ1v) is 16.9. The van der Waals surface area contributed by atoms with E-state index in [4.69, 9.17) is 9.47 Å². The molecule has 2 atom stereocenters. The predicted octanol–water partition coefficient (Wildman–Crippen LogP) is 5.85. The van der Waals surface area contributed by atoms with Gasteiger partial charge in [0.05, 0.1) is 19.8 Å². The molecule has 11 heteroatoms. The largest absolute Gasteiger partial charge is 0.497 e. The van der Waals surface area contributed by atoms with E-state index in [-0.39, 0.29) is 18.4 Å². The zero-order chi connectivity index (χ0) is 37.9. The number of nitrogens with zero attached hydrogens (tertiary/aromatic N) is 2. The number of methoxy groups -OCH3 is 2. The van der Waals surface area contributed by atoms with Crippen LogP contribution < -0.4 is 29.9 Å². The first-order chi connectivity index (χ1) is 25.6. The van der Waals surface area contributed by atoms with Crippen LogP contribution in [0.3, 0.4) is 0 Å².